The van der Waals surface area contributed by atoms with Crippen LogP contribution in [0, 0.1) is 0 Å². The number of amidine groups is 1. The van der Waals surface area contributed by atoms with Crippen LogP contribution in [0.4, 0.5) is 0 Å². The van der Waals surface area contributed by atoms with Crippen molar-refractivity contribution >= 4 is 28.9 Å². The van der Waals surface area contributed by atoms with Gasteiger partial charge in [-0.05, 0) is 52.1 Å². The normalized spacial score (nSPS) is 17.1. The second-order valence-electron chi connectivity index (χ2n) is 8.13. The minimum atomic E-state index is -0.221. The van der Waals surface area contributed by atoms with Crippen LogP contribution in [0.1, 0.15) is 37.5 Å². The quantitative estimate of drug-likeness (QED) is 0.703. The van der Waals surface area contributed by atoms with Crippen LogP contribution in [0.5, 0.6) is 11.5 Å². The van der Waals surface area contributed by atoms with Crippen molar-refractivity contribution in [1.29, 1.82) is 0 Å². The lowest BCUT2D eigenvalue weighted by Crippen LogP contribution is -2.18. The molecule has 6 heteroatoms. The highest BCUT2D eigenvalue weighted by atomic mass is 32.2. The van der Waals surface area contributed by atoms with E-state index >= 15 is 0 Å². The molecule has 5 nitrogen and oxygen atoms in total. The molecule has 2 aliphatic heterocycles. The van der Waals surface area contributed by atoms with E-state index in [1.54, 1.807) is 0 Å². The number of hydrogen-bond donors (Lipinski definition) is 1. The number of nitrogens with one attached hydrogen (secondary N) is 1. The summed E-state index contributed by atoms with van der Waals surface area (Å²) in [5.41, 5.74) is 3.56. The monoisotopic (exact) mass is 420 g/mol. The summed E-state index contributed by atoms with van der Waals surface area (Å²) in [4.78, 5) is 16.9. The first-order valence-electron chi connectivity index (χ1n) is 9.81. The summed E-state index contributed by atoms with van der Waals surface area (Å²) in [6.07, 6.45) is 5.69. The Morgan fingerprint density at radius 3 is 2.63 bits per heavy atom. The van der Waals surface area contributed by atoms with E-state index in [4.69, 9.17) is 9.47 Å². The van der Waals surface area contributed by atoms with E-state index < -0.39 is 0 Å². The number of fused-ring (bicyclic) bond motifs is 1. The SMILES string of the molecule is CC(C)(C)c1ccc(C=CC=C2SC(NCc3ccc4c(c3)OCO4)=NC2=O)cc1. The summed E-state index contributed by atoms with van der Waals surface area (Å²) in [7, 11) is 0. The molecule has 0 aromatic heterocycles. The predicted molar refractivity (Wildman–Crippen MR) is 122 cm³/mol. The van der Waals surface area contributed by atoms with Gasteiger partial charge in [0.2, 0.25) is 6.79 Å². The Morgan fingerprint density at radius 1 is 1.10 bits per heavy atom. The van der Waals surface area contributed by atoms with Crippen LogP contribution < -0.4 is 14.8 Å². The van der Waals surface area contributed by atoms with Crippen molar-refractivity contribution < 1.29 is 14.3 Å². The molecule has 2 aromatic rings. The fourth-order valence-electron chi connectivity index (χ4n) is 3.07. The van der Waals surface area contributed by atoms with Crippen molar-refractivity contribution in [3.8, 4) is 11.5 Å². The first-order valence-corrected chi connectivity index (χ1v) is 10.6. The highest BCUT2D eigenvalue weighted by Gasteiger charge is 2.21. The average Bonchev–Trinajstić information content (AvgIpc) is 3.32. The third-order valence-corrected chi connectivity index (χ3v) is 5.77. The van der Waals surface area contributed by atoms with Crippen LogP contribution in [0.25, 0.3) is 6.08 Å². The van der Waals surface area contributed by atoms with Crippen LogP contribution in [0.2, 0.25) is 0 Å². The molecule has 1 N–H and O–H groups in total. The van der Waals surface area contributed by atoms with Crippen LogP contribution in [-0.4, -0.2) is 17.9 Å². The van der Waals surface area contributed by atoms with E-state index in [1.165, 1.54) is 17.3 Å². The zero-order valence-corrected chi connectivity index (χ0v) is 18.1. The maximum absolute atomic E-state index is 12.2. The zero-order valence-electron chi connectivity index (χ0n) is 17.3. The van der Waals surface area contributed by atoms with Gasteiger partial charge in [0.1, 0.15) is 0 Å². The zero-order chi connectivity index (χ0) is 21.1. The van der Waals surface area contributed by atoms with Crippen LogP contribution in [0.15, 0.2) is 64.5 Å². The third kappa shape index (κ3) is 4.76. The summed E-state index contributed by atoms with van der Waals surface area (Å²) in [6, 6.07) is 14.3. The summed E-state index contributed by atoms with van der Waals surface area (Å²) < 4.78 is 10.7. The standard InChI is InChI=1S/C24H24N2O3S/c1-24(2,3)18-10-7-16(8-11-18)5-4-6-21-22(27)26-23(30-21)25-14-17-9-12-19-20(13-17)29-15-28-19/h4-13H,14-15H2,1-3H3,(H,25,26,27). The smallest absolute Gasteiger partial charge is 0.286 e. The van der Waals surface area contributed by atoms with Gasteiger partial charge >= 0.3 is 0 Å². The Hall–Kier alpha value is -2.99. The number of carbonyl (C=O) groups excluding carboxylic acids is 1. The number of allylic oxidation sites excluding steroid dienone is 2. The number of thioether (sulfide) groups is 1. The van der Waals surface area contributed by atoms with E-state index in [1.807, 2.05) is 36.4 Å². The van der Waals surface area contributed by atoms with Gasteiger partial charge in [-0.3, -0.25) is 4.79 Å². The fourth-order valence-corrected chi connectivity index (χ4v) is 3.83. The molecule has 0 unspecified atom stereocenters. The number of benzene rings is 2. The molecule has 2 aromatic carbocycles. The van der Waals surface area contributed by atoms with Gasteiger partial charge in [0, 0.05) is 6.54 Å². The Bertz CT molecular complexity index is 1050. The van der Waals surface area contributed by atoms with Gasteiger partial charge in [-0.1, -0.05) is 63.3 Å². The molecular weight excluding hydrogens is 396 g/mol. The molecule has 1 amide bonds. The molecule has 154 valence electrons. The maximum atomic E-state index is 12.2. The molecule has 30 heavy (non-hydrogen) atoms. The molecular formula is C24H24N2O3S. The first-order chi connectivity index (χ1) is 14.4. The van der Waals surface area contributed by atoms with E-state index in [9.17, 15) is 4.79 Å². The van der Waals surface area contributed by atoms with Gasteiger partial charge in [-0.25, -0.2) is 0 Å². The van der Waals surface area contributed by atoms with E-state index in [0.717, 1.165) is 22.6 Å². The van der Waals surface area contributed by atoms with Gasteiger partial charge < -0.3 is 14.8 Å². The highest BCUT2D eigenvalue weighted by Crippen LogP contribution is 2.32. The van der Waals surface area contributed by atoms with E-state index in [2.05, 4.69) is 55.3 Å². The lowest BCUT2D eigenvalue weighted by Gasteiger charge is -2.18. The van der Waals surface area contributed by atoms with Gasteiger partial charge in [-0.2, -0.15) is 4.99 Å². The lowest BCUT2D eigenvalue weighted by atomic mass is 9.87. The van der Waals surface area contributed by atoms with Crippen molar-refractivity contribution in [3.63, 3.8) is 0 Å². The summed E-state index contributed by atoms with van der Waals surface area (Å²) in [5.74, 6) is 1.28. The number of amides is 1. The van der Waals surface area contributed by atoms with E-state index in [0.29, 0.717) is 16.6 Å². The minimum Gasteiger partial charge on any atom is -0.454 e. The van der Waals surface area contributed by atoms with Gasteiger partial charge in [-0.15, -0.1) is 0 Å². The number of hydrogen-bond acceptors (Lipinski definition) is 5. The summed E-state index contributed by atoms with van der Waals surface area (Å²) in [5, 5.41) is 3.81. The molecule has 0 saturated heterocycles. The Morgan fingerprint density at radius 2 is 1.87 bits per heavy atom. The van der Waals surface area contributed by atoms with E-state index in [-0.39, 0.29) is 18.1 Å². The Kier molecular flexibility index (Phi) is 5.68. The number of nitrogens with zero attached hydrogens (tertiary/aromatic N) is 1. The molecule has 0 bridgehead atoms. The topological polar surface area (TPSA) is 59.9 Å². The van der Waals surface area contributed by atoms with Crippen molar-refractivity contribution in [2.24, 2.45) is 4.99 Å². The van der Waals surface area contributed by atoms with Crippen LogP contribution in [0.3, 0.4) is 0 Å². The predicted octanol–water partition coefficient (Wildman–Crippen LogP) is 5.03. The lowest BCUT2D eigenvalue weighted by molar-refractivity contribution is -0.113. The van der Waals surface area contributed by atoms with Crippen molar-refractivity contribution in [1.82, 2.24) is 5.32 Å². The Balaban J connectivity index is 1.33. The molecule has 0 radical (unpaired) electrons. The molecule has 0 atom stereocenters. The van der Waals surface area contributed by atoms with Crippen molar-refractivity contribution in [3.05, 3.63) is 76.2 Å². The molecule has 2 heterocycles. The average molecular weight is 421 g/mol. The largest absolute Gasteiger partial charge is 0.454 e. The number of carbonyl (C=O) groups is 1. The van der Waals surface area contributed by atoms with Gasteiger partial charge in [0.15, 0.2) is 16.7 Å². The number of ether oxygens (including phenoxy) is 2. The molecule has 4 rings (SSSR count). The minimum absolute atomic E-state index is 0.137. The number of aliphatic imine (C=N–C) groups is 1. The summed E-state index contributed by atoms with van der Waals surface area (Å²) in [6.45, 7) is 7.40. The summed E-state index contributed by atoms with van der Waals surface area (Å²) >= 11 is 1.35. The van der Waals surface area contributed by atoms with Crippen LogP contribution >= 0.6 is 11.8 Å². The third-order valence-electron chi connectivity index (χ3n) is 4.81. The molecule has 2 aliphatic rings. The van der Waals surface area contributed by atoms with Crippen molar-refractivity contribution in [2.75, 3.05) is 6.79 Å². The van der Waals surface area contributed by atoms with Crippen LogP contribution in [-0.2, 0) is 16.8 Å². The highest BCUT2D eigenvalue weighted by molar-refractivity contribution is 8.18. The maximum Gasteiger partial charge on any atom is 0.286 e. The molecule has 0 aliphatic carbocycles. The Labute approximate surface area is 180 Å². The number of rotatable bonds is 4. The molecule has 0 fully saturated rings. The first kappa shape index (κ1) is 20.3. The van der Waals surface area contributed by atoms with Gasteiger partial charge in [0.05, 0.1) is 4.91 Å². The second kappa shape index (κ2) is 8.40. The fraction of sp³-hybridized carbons (Fsp3) is 0.250. The van der Waals surface area contributed by atoms with Gasteiger partial charge in [0.25, 0.3) is 5.91 Å². The molecule has 0 spiro atoms. The second-order valence-corrected chi connectivity index (χ2v) is 9.16. The molecule has 0 saturated carbocycles. The van der Waals surface area contributed by atoms with Crippen molar-refractivity contribution in [2.45, 2.75) is 32.7 Å².